The number of aliphatic hydroxyl groups excluding tert-OH is 1. The van der Waals surface area contributed by atoms with Crippen molar-refractivity contribution in [2.24, 2.45) is 0 Å². The number of amides is 1. The van der Waals surface area contributed by atoms with E-state index in [1.165, 1.54) is 0 Å². The van der Waals surface area contributed by atoms with Crippen LogP contribution in [0.3, 0.4) is 0 Å². The standard InChI is InChI=1S/C18H16Cl3NO3/c19-13-2-4-14(5-3-13)22-11-18(7-8-23,25-10-17(22)24)12-1-6-15(20)16(21)9-12/h1-6,9,23H,7-8,10-11H2. The number of nitrogens with zero attached hydrogens (tertiary/aromatic N) is 1. The van der Waals surface area contributed by atoms with Crippen molar-refractivity contribution in [3.05, 3.63) is 63.1 Å². The summed E-state index contributed by atoms with van der Waals surface area (Å²) >= 11 is 18.1. The van der Waals surface area contributed by atoms with E-state index in [1.54, 1.807) is 47.4 Å². The molecule has 1 fully saturated rings. The summed E-state index contributed by atoms with van der Waals surface area (Å²) in [6.07, 6.45) is 0.322. The molecule has 4 nitrogen and oxygen atoms in total. The Bertz CT molecular complexity index is 782. The first-order chi connectivity index (χ1) is 11.9. The molecule has 25 heavy (non-hydrogen) atoms. The Kier molecular flexibility index (Phi) is 5.56. The van der Waals surface area contributed by atoms with E-state index in [0.29, 0.717) is 21.5 Å². The molecular weight excluding hydrogens is 385 g/mol. The van der Waals surface area contributed by atoms with Crippen LogP contribution in [-0.2, 0) is 15.1 Å². The molecule has 0 aromatic heterocycles. The second-order valence-electron chi connectivity index (χ2n) is 5.84. The summed E-state index contributed by atoms with van der Waals surface area (Å²) in [4.78, 5) is 14.0. The van der Waals surface area contributed by atoms with Gasteiger partial charge in [-0.2, -0.15) is 0 Å². The zero-order chi connectivity index (χ0) is 18.0. The van der Waals surface area contributed by atoms with E-state index in [9.17, 15) is 9.90 Å². The van der Waals surface area contributed by atoms with Crippen molar-refractivity contribution in [3.63, 3.8) is 0 Å². The molecule has 2 aromatic carbocycles. The van der Waals surface area contributed by atoms with Crippen LogP contribution in [0.1, 0.15) is 12.0 Å². The molecule has 1 amide bonds. The summed E-state index contributed by atoms with van der Waals surface area (Å²) in [5.41, 5.74) is 0.624. The van der Waals surface area contributed by atoms with E-state index in [1.807, 2.05) is 0 Å². The zero-order valence-electron chi connectivity index (χ0n) is 13.2. The van der Waals surface area contributed by atoms with Crippen molar-refractivity contribution in [1.29, 1.82) is 0 Å². The summed E-state index contributed by atoms with van der Waals surface area (Å²) < 4.78 is 5.90. The van der Waals surface area contributed by atoms with Gasteiger partial charge in [-0.25, -0.2) is 0 Å². The van der Waals surface area contributed by atoms with E-state index in [0.717, 1.165) is 11.3 Å². The summed E-state index contributed by atoms with van der Waals surface area (Å²) in [7, 11) is 0. The normalized spacial score (nSPS) is 20.8. The lowest BCUT2D eigenvalue weighted by atomic mass is 9.88. The number of aliphatic hydroxyl groups is 1. The minimum Gasteiger partial charge on any atom is -0.396 e. The minimum absolute atomic E-state index is 0.0944. The van der Waals surface area contributed by atoms with Gasteiger partial charge in [-0.1, -0.05) is 40.9 Å². The number of carbonyl (C=O) groups is 1. The van der Waals surface area contributed by atoms with E-state index in [2.05, 4.69) is 0 Å². The summed E-state index contributed by atoms with van der Waals surface area (Å²) in [6, 6.07) is 12.2. The van der Waals surface area contributed by atoms with Crippen LogP contribution in [0, 0.1) is 0 Å². The Morgan fingerprint density at radius 2 is 1.80 bits per heavy atom. The molecule has 7 heteroatoms. The Labute approximate surface area is 160 Å². The Morgan fingerprint density at radius 3 is 2.44 bits per heavy atom. The third-order valence-corrected chi connectivity index (χ3v) is 5.28. The molecule has 1 aliphatic rings. The van der Waals surface area contributed by atoms with Crippen LogP contribution in [0.2, 0.25) is 15.1 Å². The number of ether oxygens (including phenoxy) is 1. The van der Waals surface area contributed by atoms with Gasteiger partial charge >= 0.3 is 0 Å². The van der Waals surface area contributed by atoms with E-state index >= 15 is 0 Å². The first-order valence-electron chi connectivity index (χ1n) is 7.71. The zero-order valence-corrected chi connectivity index (χ0v) is 15.5. The smallest absolute Gasteiger partial charge is 0.253 e. The predicted octanol–water partition coefficient (Wildman–Crippen LogP) is 4.29. The van der Waals surface area contributed by atoms with Crippen molar-refractivity contribution in [1.82, 2.24) is 0 Å². The van der Waals surface area contributed by atoms with E-state index in [-0.39, 0.29) is 25.7 Å². The Balaban J connectivity index is 1.99. The van der Waals surface area contributed by atoms with Gasteiger partial charge in [-0.15, -0.1) is 0 Å². The van der Waals surface area contributed by atoms with Gasteiger partial charge in [0.05, 0.1) is 16.6 Å². The highest BCUT2D eigenvalue weighted by molar-refractivity contribution is 6.42. The lowest BCUT2D eigenvalue weighted by Crippen LogP contribution is -2.53. The van der Waals surface area contributed by atoms with Gasteiger partial charge in [0.1, 0.15) is 12.2 Å². The second kappa shape index (κ2) is 7.52. The Hall–Kier alpha value is -1.30. The SMILES string of the molecule is O=C1COC(CCO)(c2ccc(Cl)c(Cl)c2)CN1c1ccc(Cl)cc1. The summed E-state index contributed by atoms with van der Waals surface area (Å²) in [5, 5.41) is 11.0. The number of anilines is 1. The highest BCUT2D eigenvalue weighted by atomic mass is 35.5. The van der Waals surface area contributed by atoms with Crippen molar-refractivity contribution >= 4 is 46.4 Å². The van der Waals surface area contributed by atoms with Crippen LogP contribution in [0.5, 0.6) is 0 Å². The van der Waals surface area contributed by atoms with Gasteiger partial charge in [0, 0.05) is 23.7 Å². The maximum Gasteiger partial charge on any atom is 0.253 e. The molecule has 1 N–H and O–H groups in total. The van der Waals surface area contributed by atoms with Crippen LogP contribution >= 0.6 is 34.8 Å². The summed E-state index contributed by atoms with van der Waals surface area (Å²) in [6.45, 7) is 0.0672. The highest BCUT2D eigenvalue weighted by Gasteiger charge is 2.41. The monoisotopic (exact) mass is 399 g/mol. The number of morpholine rings is 1. The predicted molar refractivity (Wildman–Crippen MR) is 99.6 cm³/mol. The largest absolute Gasteiger partial charge is 0.396 e. The second-order valence-corrected chi connectivity index (χ2v) is 7.09. The van der Waals surface area contributed by atoms with Gasteiger partial charge in [0.15, 0.2) is 0 Å². The lowest BCUT2D eigenvalue weighted by Gasteiger charge is -2.42. The number of hydrogen-bond acceptors (Lipinski definition) is 3. The number of halogens is 3. The number of hydrogen-bond donors (Lipinski definition) is 1. The molecule has 0 spiro atoms. The molecular formula is C18H16Cl3NO3. The van der Waals surface area contributed by atoms with Gasteiger partial charge < -0.3 is 14.7 Å². The molecule has 1 atom stereocenters. The Morgan fingerprint density at radius 1 is 1.08 bits per heavy atom. The van der Waals surface area contributed by atoms with Gasteiger partial charge in [-0.05, 0) is 42.0 Å². The molecule has 2 aromatic rings. The third kappa shape index (κ3) is 3.78. The molecule has 1 aliphatic heterocycles. The molecule has 1 unspecified atom stereocenters. The molecule has 1 saturated heterocycles. The first kappa shape index (κ1) is 18.5. The average molecular weight is 401 g/mol. The van der Waals surface area contributed by atoms with Crippen LogP contribution in [0.4, 0.5) is 5.69 Å². The molecule has 0 bridgehead atoms. The topological polar surface area (TPSA) is 49.8 Å². The maximum absolute atomic E-state index is 12.4. The number of rotatable bonds is 4. The van der Waals surface area contributed by atoms with Gasteiger partial charge in [-0.3, -0.25) is 4.79 Å². The van der Waals surface area contributed by atoms with Crippen molar-refractivity contribution in [2.75, 3.05) is 24.7 Å². The molecule has 0 saturated carbocycles. The van der Waals surface area contributed by atoms with Crippen LogP contribution in [0.25, 0.3) is 0 Å². The van der Waals surface area contributed by atoms with Crippen LogP contribution < -0.4 is 4.90 Å². The van der Waals surface area contributed by atoms with Gasteiger partial charge in [0.25, 0.3) is 5.91 Å². The van der Waals surface area contributed by atoms with Crippen molar-refractivity contribution < 1.29 is 14.6 Å². The fourth-order valence-electron chi connectivity index (χ4n) is 2.95. The number of benzene rings is 2. The van der Waals surface area contributed by atoms with Gasteiger partial charge in [0.2, 0.25) is 0 Å². The quantitative estimate of drug-likeness (QED) is 0.833. The highest BCUT2D eigenvalue weighted by Crippen LogP contribution is 2.38. The molecule has 0 radical (unpaired) electrons. The van der Waals surface area contributed by atoms with E-state index in [4.69, 9.17) is 39.5 Å². The maximum atomic E-state index is 12.4. The fraction of sp³-hybridized carbons (Fsp3) is 0.278. The number of carbonyl (C=O) groups excluding carboxylic acids is 1. The first-order valence-corrected chi connectivity index (χ1v) is 8.85. The fourth-order valence-corrected chi connectivity index (χ4v) is 3.38. The third-order valence-electron chi connectivity index (χ3n) is 4.29. The van der Waals surface area contributed by atoms with Crippen LogP contribution in [0.15, 0.2) is 42.5 Å². The molecule has 3 rings (SSSR count). The van der Waals surface area contributed by atoms with E-state index < -0.39 is 5.60 Å². The lowest BCUT2D eigenvalue weighted by molar-refractivity contribution is -0.142. The van der Waals surface area contributed by atoms with Crippen molar-refractivity contribution in [3.8, 4) is 0 Å². The molecule has 1 heterocycles. The molecule has 0 aliphatic carbocycles. The minimum atomic E-state index is -0.865. The van der Waals surface area contributed by atoms with Crippen molar-refractivity contribution in [2.45, 2.75) is 12.0 Å². The average Bonchev–Trinajstić information content (AvgIpc) is 2.60. The molecule has 132 valence electrons. The van der Waals surface area contributed by atoms with Crippen LogP contribution in [-0.4, -0.2) is 30.8 Å². The summed E-state index contributed by atoms with van der Waals surface area (Å²) in [5.74, 6) is -0.157.